The highest BCUT2D eigenvalue weighted by atomic mass is 35.5. The third-order valence-electron chi connectivity index (χ3n) is 5.06. The number of nitrogens with one attached hydrogen (secondary N) is 1. The molecule has 29 heavy (non-hydrogen) atoms. The monoisotopic (exact) mass is 413 g/mol. The van der Waals surface area contributed by atoms with E-state index in [1.54, 1.807) is 24.3 Å². The quantitative estimate of drug-likeness (QED) is 0.671. The minimum Gasteiger partial charge on any atom is -0.371 e. The fourth-order valence-electron chi connectivity index (χ4n) is 3.46. The van der Waals surface area contributed by atoms with Crippen molar-refractivity contribution in [1.29, 1.82) is 0 Å². The highest BCUT2D eigenvalue weighted by molar-refractivity contribution is 6.30. The third kappa shape index (κ3) is 4.92. The Kier molecular flexibility index (Phi) is 5.76. The lowest BCUT2D eigenvalue weighted by molar-refractivity contribution is 0.615. The summed E-state index contributed by atoms with van der Waals surface area (Å²) in [7, 11) is 0. The molecule has 1 aliphatic rings. The van der Waals surface area contributed by atoms with Gasteiger partial charge in [0.2, 0.25) is 5.95 Å². The van der Waals surface area contributed by atoms with Crippen LogP contribution in [-0.4, -0.2) is 34.2 Å². The molecule has 1 saturated heterocycles. The third-order valence-corrected chi connectivity index (χ3v) is 5.31. The van der Waals surface area contributed by atoms with Crippen LogP contribution in [0.1, 0.15) is 12.0 Å². The number of nitrogens with zero attached hydrogens (tertiary/aromatic N) is 4. The van der Waals surface area contributed by atoms with E-state index in [9.17, 15) is 9.18 Å². The van der Waals surface area contributed by atoms with Gasteiger partial charge in [0, 0.05) is 30.3 Å². The highest BCUT2D eigenvalue weighted by Crippen LogP contribution is 2.24. The normalized spacial score (nSPS) is 16.2. The predicted molar refractivity (Wildman–Crippen MR) is 112 cm³/mol. The van der Waals surface area contributed by atoms with E-state index >= 15 is 0 Å². The van der Waals surface area contributed by atoms with Gasteiger partial charge >= 0.3 is 5.69 Å². The van der Waals surface area contributed by atoms with Crippen molar-refractivity contribution in [2.75, 3.05) is 29.9 Å². The Morgan fingerprint density at radius 2 is 1.90 bits per heavy atom. The van der Waals surface area contributed by atoms with Crippen molar-refractivity contribution in [1.82, 2.24) is 14.5 Å². The molecule has 0 amide bonds. The Hall–Kier alpha value is -2.93. The van der Waals surface area contributed by atoms with Crippen LogP contribution in [0.2, 0.25) is 5.02 Å². The minimum absolute atomic E-state index is 0.228. The summed E-state index contributed by atoms with van der Waals surface area (Å²) in [6.45, 7) is 2.86. The molecule has 2 aromatic carbocycles. The van der Waals surface area contributed by atoms with Gasteiger partial charge in [-0.15, -0.1) is 0 Å². The van der Waals surface area contributed by atoms with Crippen LogP contribution in [0.3, 0.4) is 0 Å². The summed E-state index contributed by atoms with van der Waals surface area (Å²) in [5, 5.41) is 3.82. The van der Waals surface area contributed by atoms with E-state index < -0.39 is 0 Å². The van der Waals surface area contributed by atoms with Crippen LogP contribution in [0.15, 0.2) is 59.7 Å². The molecular weight excluding hydrogens is 393 g/mol. The van der Waals surface area contributed by atoms with Crippen molar-refractivity contribution in [3.05, 3.63) is 81.7 Å². The highest BCUT2D eigenvalue weighted by Gasteiger charge is 2.22. The van der Waals surface area contributed by atoms with Gasteiger partial charge < -0.3 is 10.2 Å². The van der Waals surface area contributed by atoms with Gasteiger partial charge in [-0.2, -0.15) is 4.98 Å². The second-order valence-corrected chi connectivity index (χ2v) is 7.61. The molecular formula is C21H21ClFN5O. The molecule has 0 bridgehead atoms. The average Bonchev–Trinajstić information content (AvgIpc) is 3.19. The zero-order valence-electron chi connectivity index (χ0n) is 15.8. The van der Waals surface area contributed by atoms with E-state index in [1.165, 1.54) is 23.0 Å². The summed E-state index contributed by atoms with van der Waals surface area (Å²) in [5.41, 5.74) is 1.62. The van der Waals surface area contributed by atoms with E-state index in [1.807, 2.05) is 12.1 Å². The molecule has 1 N–H and O–H groups in total. The lowest BCUT2D eigenvalue weighted by atomic mass is 10.1. The molecule has 2 heterocycles. The zero-order chi connectivity index (χ0) is 20.2. The first-order valence-corrected chi connectivity index (χ1v) is 9.87. The zero-order valence-corrected chi connectivity index (χ0v) is 16.5. The van der Waals surface area contributed by atoms with Gasteiger partial charge in [0.15, 0.2) is 0 Å². The molecule has 0 radical (unpaired) electrons. The lowest BCUT2D eigenvalue weighted by Gasteiger charge is -2.18. The Morgan fingerprint density at radius 3 is 2.62 bits per heavy atom. The standard InChI is InChI=1S/C21H21ClFN5O/c22-17-3-1-15(2-4-17)12-28-14-25-20(26-21(28)29)24-11-16-9-10-27(13-16)19-7-5-18(23)6-8-19/h1-8,14,16H,9-13H2,(H,24,26,29)/t16-/m0/s1. The van der Waals surface area contributed by atoms with Crippen LogP contribution in [0.25, 0.3) is 0 Å². The van der Waals surface area contributed by atoms with Crippen LogP contribution in [-0.2, 0) is 6.54 Å². The van der Waals surface area contributed by atoms with E-state index in [0.717, 1.165) is 30.8 Å². The number of rotatable bonds is 6. The molecule has 6 nitrogen and oxygen atoms in total. The number of hydrogen-bond donors (Lipinski definition) is 1. The minimum atomic E-state index is -0.350. The second kappa shape index (κ2) is 8.61. The van der Waals surface area contributed by atoms with Crippen molar-refractivity contribution >= 4 is 23.2 Å². The number of anilines is 2. The van der Waals surface area contributed by atoms with Crippen molar-refractivity contribution < 1.29 is 4.39 Å². The molecule has 1 aromatic heterocycles. The summed E-state index contributed by atoms with van der Waals surface area (Å²) < 4.78 is 14.5. The summed E-state index contributed by atoms with van der Waals surface area (Å²) >= 11 is 5.89. The molecule has 0 spiro atoms. The average molecular weight is 414 g/mol. The molecule has 8 heteroatoms. The molecule has 1 fully saturated rings. The maximum atomic E-state index is 13.1. The van der Waals surface area contributed by atoms with E-state index in [-0.39, 0.29) is 11.5 Å². The Morgan fingerprint density at radius 1 is 1.14 bits per heavy atom. The number of aromatic nitrogens is 3. The van der Waals surface area contributed by atoms with Crippen molar-refractivity contribution in [2.45, 2.75) is 13.0 Å². The first-order valence-electron chi connectivity index (χ1n) is 9.49. The Balaban J connectivity index is 1.32. The lowest BCUT2D eigenvalue weighted by Crippen LogP contribution is -2.27. The van der Waals surface area contributed by atoms with Gasteiger partial charge in [-0.3, -0.25) is 4.57 Å². The summed E-state index contributed by atoms with van der Waals surface area (Å²) in [4.78, 5) is 22.8. The number of hydrogen-bond acceptors (Lipinski definition) is 5. The SMILES string of the molecule is O=c1nc(NC[C@@H]2CCN(c3ccc(F)cc3)C2)ncn1Cc1ccc(Cl)cc1. The first kappa shape index (κ1) is 19.4. The summed E-state index contributed by atoms with van der Waals surface area (Å²) in [6, 6.07) is 13.9. The molecule has 0 saturated carbocycles. The topological polar surface area (TPSA) is 63.1 Å². The maximum absolute atomic E-state index is 13.1. The Bertz CT molecular complexity index is 1020. The predicted octanol–water partition coefficient (Wildman–Crippen LogP) is 3.42. The molecule has 3 aromatic rings. The van der Waals surface area contributed by atoms with Gasteiger partial charge in [-0.05, 0) is 54.3 Å². The van der Waals surface area contributed by atoms with Gasteiger partial charge in [0.05, 0.1) is 6.54 Å². The number of benzene rings is 2. The van der Waals surface area contributed by atoms with Crippen LogP contribution >= 0.6 is 11.6 Å². The van der Waals surface area contributed by atoms with Crippen molar-refractivity contribution in [2.24, 2.45) is 5.92 Å². The maximum Gasteiger partial charge on any atom is 0.352 e. The van der Waals surface area contributed by atoms with E-state index in [4.69, 9.17) is 11.6 Å². The largest absolute Gasteiger partial charge is 0.371 e. The van der Waals surface area contributed by atoms with Gasteiger partial charge in [0.25, 0.3) is 0 Å². The molecule has 1 aliphatic heterocycles. The Labute approximate surface area is 173 Å². The summed E-state index contributed by atoms with van der Waals surface area (Å²) in [5.74, 6) is 0.511. The molecule has 4 rings (SSSR count). The van der Waals surface area contributed by atoms with Crippen molar-refractivity contribution in [3.63, 3.8) is 0 Å². The number of halogens is 2. The molecule has 1 atom stereocenters. The molecule has 150 valence electrons. The van der Waals surface area contributed by atoms with Gasteiger partial charge in [0.1, 0.15) is 12.1 Å². The van der Waals surface area contributed by atoms with Crippen LogP contribution in [0, 0.1) is 11.7 Å². The molecule has 0 aliphatic carbocycles. The van der Waals surface area contributed by atoms with Crippen LogP contribution in [0.4, 0.5) is 16.0 Å². The second-order valence-electron chi connectivity index (χ2n) is 7.17. The first-order chi connectivity index (χ1) is 14.1. The van der Waals surface area contributed by atoms with E-state index in [0.29, 0.717) is 30.0 Å². The van der Waals surface area contributed by atoms with Crippen molar-refractivity contribution in [3.8, 4) is 0 Å². The van der Waals surface area contributed by atoms with Crippen LogP contribution < -0.4 is 15.9 Å². The smallest absolute Gasteiger partial charge is 0.352 e. The summed E-state index contributed by atoms with van der Waals surface area (Å²) in [6.07, 6.45) is 2.52. The van der Waals surface area contributed by atoms with Crippen LogP contribution in [0.5, 0.6) is 0 Å². The van der Waals surface area contributed by atoms with Gasteiger partial charge in [-0.1, -0.05) is 23.7 Å². The van der Waals surface area contributed by atoms with Gasteiger partial charge in [-0.25, -0.2) is 14.2 Å². The fourth-order valence-corrected chi connectivity index (χ4v) is 3.58. The molecule has 0 unspecified atom stereocenters. The fraction of sp³-hybridized carbons (Fsp3) is 0.286. The van der Waals surface area contributed by atoms with E-state index in [2.05, 4.69) is 20.2 Å².